The summed E-state index contributed by atoms with van der Waals surface area (Å²) in [5.74, 6) is -1.22. The third kappa shape index (κ3) is 2.60. The molecule has 114 valence electrons. The van der Waals surface area contributed by atoms with Crippen molar-refractivity contribution in [2.75, 3.05) is 18.0 Å². The Hall–Kier alpha value is -2.04. The molecule has 0 radical (unpaired) electrons. The summed E-state index contributed by atoms with van der Waals surface area (Å²) >= 11 is 0. The number of anilines is 1. The Bertz CT molecular complexity index is 583. The van der Waals surface area contributed by atoms with E-state index in [1.54, 1.807) is 6.07 Å². The van der Waals surface area contributed by atoms with Gasteiger partial charge in [0.2, 0.25) is 0 Å². The molecule has 3 N–H and O–H groups in total. The summed E-state index contributed by atoms with van der Waals surface area (Å²) in [6, 6.07) is 5.45. The molecule has 1 aromatic carbocycles. The van der Waals surface area contributed by atoms with Crippen molar-refractivity contribution in [3.63, 3.8) is 0 Å². The van der Waals surface area contributed by atoms with Crippen LogP contribution in [0.15, 0.2) is 18.2 Å². The van der Waals surface area contributed by atoms with E-state index in [4.69, 9.17) is 5.73 Å². The van der Waals surface area contributed by atoms with Crippen molar-refractivity contribution in [1.82, 2.24) is 0 Å². The molecule has 0 aromatic heterocycles. The van der Waals surface area contributed by atoms with Gasteiger partial charge in [-0.15, -0.1) is 0 Å². The van der Waals surface area contributed by atoms with E-state index >= 15 is 0 Å². The molecular formula is C16H22N2O3. The fourth-order valence-corrected chi connectivity index (χ4v) is 3.04. The number of amides is 1. The van der Waals surface area contributed by atoms with E-state index < -0.39 is 17.3 Å². The first-order valence-corrected chi connectivity index (χ1v) is 7.17. The van der Waals surface area contributed by atoms with Crippen LogP contribution < -0.4 is 10.6 Å². The van der Waals surface area contributed by atoms with Crippen LogP contribution >= 0.6 is 0 Å². The molecule has 0 saturated carbocycles. The number of hydrogen-bond acceptors (Lipinski definition) is 3. The van der Waals surface area contributed by atoms with E-state index in [0.29, 0.717) is 25.1 Å². The number of nitrogens with zero attached hydrogens (tertiary/aromatic N) is 1. The van der Waals surface area contributed by atoms with Crippen molar-refractivity contribution >= 4 is 17.6 Å². The molecule has 5 heteroatoms. The Morgan fingerprint density at radius 2 is 2.05 bits per heavy atom. The molecule has 21 heavy (non-hydrogen) atoms. The van der Waals surface area contributed by atoms with Crippen LogP contribution in [0.4, 0.5) is 5.69 Å². The predicted octanol–water partition coefficient (Wildman–Crippen LogP) is 2.03. The third-order valence-electron chi connectivity index (χ3n) is 4.59. The Balaban J connectivity index is 2.40. The Morgan fingerprint density at radius 1 is 1.38 bits per heavy atom. The number of rotatable bonds is 4. The average Bonchev–Trinajstić information content (AvgIpc) is 2.84. The SMILES string of the molecule is Cc1ccc(C(N)=O)c(N2CCC(C(=O)O)(C(C)C)C2)c1. The Kier molecular flexibility index (Phi) is 3.94. The van der Waals surface area contributed by atoms with Crippen molar-refractivity contribution in [3.05, 3.63) is 29.3 Å². The highest BCUT2D eigenvalue weighted by Gasteiger charge is 2.47. The maximum atomic E-state index is 11.7. The third-order valence-corrected chi connectivity index (χ3v) is 4.59. The monoisotopic (exact) mass is 290 g/mol. The van der Waals surface area contributed by atoms with Crippen molar-refractivity contribution in [2.24, 2.45) is 17.1 Å². The minimum atomic E-state index is -0.770. The minimum absolute atomic E-state index is 0.0295. The van der Waals surface area contributed by atoms with Gasteiger partial charge < -0.3 is 15.7 Å². The molecule has 2 rings (SSSR count). The molecule has 1 unspecified atom stereocenters. The number of aryl methyl sites for hydroxylation is 1. The summed E-state index contributed by atoms with van der Waals surface area (Å²) in [7, 11) is 0. The molecule has 0 aliphatic carbocycles. The number of primary amides is 1. The fraction of sp³-hybridized carbons (Fsp3) is 0.500. The smallest absolute Gasteiger partial charge is 0.311 e. The topological polar surface area (TPSA) is 83.6 Å². The molecule has 1 aromatic rings. The standard InChI is InChI=1S/C16H22N2O3/c1-10(2)16(15(20)21)6-7-18(9-16)13-8-11(3)4-5-12(13)14(17)19/h4-5,8,10H,6-7,9H2,1-3H3,(H2,17,19)(H,20,21). The lowest BCUT2D eigenvalue weighted by atomic mass is 9.76. The summed E-state index contributed by atoms with van der Waals surface area (Å²) in [6.07, 6.45) is 0.576. The second kappa shape index (κ2) is 5.39. The van der Waals surface area contributed by atoms with Gasteiger partial charge >= 0.3 is 5.97 Å². The van der Waals surface area contributed by atoms with Gasteiger partial charge in [0.05, 0.1) is 11.0 Å². The van der Waals surface area contributed by atoms with Crippen LogP contribution in [-0.4, -0.2) is 30.1 Å². The lowest BCUT2D eigenvalue weighted by Crippen LogP contribution is -2.39. The van der Waals surface area contributed by atoms with Gasteiger partial charge in [-0.05, 0) is 37.0 Å². The van der Waals surface area contributed by atoms with Gasteiger partial charge in [-0.1, -0.05) is 19.9 Å². The second-order valence-corrected chi connectivity index (χ2v) is 6.17. The summed E-state index contributed by atoms with van der Waals surface area (Å²) < 4.78 is 0. The number of carboxylic acids is 1. The molecule has 1 atom stereocenters. The normalized spacial score (nSPS) is 21.8. The number of carboxylic acid groups (broad SMARTS) is 1. The first kappa shape index (κ1) is 15.4. The largest absolute Gasteiger partial charge is 0.481 e. The molecule has 1 amide bonds. The van der Waals surface area contributed by atoms with E-state index in [1.165, 1.54) is 0 Å². The predicted molar refractivity (Wildman–Crippen MR) is 81.4 cm³/mol. The van der Waals surface area contributed by atoms with E-state index in [1.807, 2.05) is 37.8 Å². The molecule has 5 nitrogen and oxygen atoms in total. The molecule has 1 heterocycles. The zero-order valence-electron chi connectivity index (χ0n) is 12.7. The summed E-state index contributed by atoms with van der Waals surface area (Å²) in [6.45, 7) is 6.83. The van der Waals surface area contributed by atoms with Crippen LogP contribution in [0.2, 0.25) is 0 Å². The molecule has 1 saturated heterocycles. The van der Waals surface area contributed by atoms with Crippen molar-refractivity contribution in [3.8, 4) is 0 Å². The lowest BCUT2D eigenvalue weighted by Gasteiger charge is -2.29. The van der Waals surface area contributed by atoms with E-state index in [2.05, 4.69) is 0 Å². The van der Waals surface area contributed by atoms with Gasteiger partial charge in [-0.3, -0.25) is 9.59 Å². The van der Waals surface area contributed by atoms with E-state index in [-0.39, 0.29) is 5.92 Å². The quantitative estimate of drug-likeness (QED) is 0.888. The van der Waals surface area contributed by atoms with Gasteiger partial charge in [0.25, 0.3) is 5.91 Å². The number of carbonyl (C=O) groups is 2. The van der Waals surface area contributed by atoms with Crippen LogP contribution in [0.3, 0.4) is 0 Å². The zero-order valence-corrected chi connectivity index (χ0v) is 12.7. The van der Waals surface area contributed by atoms with Gasteiger partial charge in [0, 0.05) is 18.8 Å². The molecule has 0 spiro atoms. The molecule has 0 bridgehead atoms. The number of carbonyl (C=O) groups excluding carboxylic acids is 1. The highest BCUT2D eigenvalue weighted by atomic mass is 16.4. The van der Waals surface area contributed by atoms with E-state index in [9.17, 15) is 14.7 Å². The van der Waals surface area contributed by atoms with Gasteiger partial charge in [-0.2, -0.15) is 0 Å². The first-order valence-electron chi connectivity index (χ1n) is 7.17. The maximum Gasteiger partial charge on any atom is 0.311 e. The van der Waals surface area contributed by atoms with Gasteiger partial charge in [0.15, 0.2) is 0 Å². The maximum absolute atomic E-state index is 11.7. The molecular weight excluding hydrogens is 268 g/mol. The number of benzene rings is 1. The zero-order chi connectivity index (χ0) is 15.8. The molecule has 1 fully saturated rings. The van der Waals surface area contributed by atoms with Crippen LogP contribution in [0.25, 0.3) is 0 Å². The van der Waals surface area contributed by atoms with Crippen LogP contribution in [0, 0.1) is 18.3 Å². The number of nitrogens with two attached hydrogens (primary N) is 1. The summed E-state index contributed by atoms with van der Waals surface area (Å²) in [5, 5.41) is 9.61. The summed E-state index contributed by atoms with van der Waals surface area (Å²) in [5.41, 5.74) is 6.88. The first-order chi connectivity index (χ1) is 9.78. The fourth-order valence-electron chi connectivity index (χ4n) is 3.04. The Morgan fingerprint density at radius 3 is 2.52 bits per heavy atom. The summed E-state index contributed by atoms with van der Waals surface area (Å²) in [4.78, 5) is 25.3. The molecule has 1 aliphatic heterocycles. The number of aliphatic carboxylic acids is 1. The van der Waals surface area contributed by atoms with Gasteiger partial charge in [-0.25, -0.2) is 0 Å². The minimum Gasteiger partial charge on any atom is -0.481 e. The van der Waals surface area contributed by atoms with Crippen molar-refractivity contribution in [2.45, 2.75) is 27.2 Å². The highest BCUT2D eigenvalue weighted by molar-refractivity contribution is 5.99. The lowest BCUT2D eigenvalue weighted by molar-refractivity contribution is -0.150. The van der Waals surface area contributed by atoms with Crippen molar-refractivity contribution < 1.29 is 14.7 Å². The molecule has 1 aliphatic rings. The van der Waals surface area contributed by atoms with E-state index in [0.717, 1.165) is 11.3 Å². The average molecular weight is 290 g/mol. The van der Waals surface area contributed by atoms with Crippen LogP contribution in [-0.2, 0) is 4.79 Å². The Labute approximate surface area is 124 Å². The highest BCUT2D eigenvalue weighted by Crippen LogP contribution is 2.40. The number of hydrogen-bond donors (Lipinski definition) is 2. The van der Waals surface area contributed by atoms with Crippen LogP contribution in [0.5, 0.6) is 0 Å². The van der Waals surface area contributed by atoms with Crippen LogP contribution in [0.1, 0.15) is 36.2 Å². The van der Waals surface area contributed by atoms with Gasteiger partial charge in [0.1, 0.15) is 0 Å². The van der Waals surface area contributed by atoms with Crippen molar-refractivity contribution in [1.29, 1.82) is 0 Å². The second-order valence-electron chi connectivity index (χ2n) is 6.17.